The van der Waals surface area contributed by atoms with Crippen LogP contribution < -0.4 is 4.74 Å². The molecule has 1 N–H and O–H groups in total. The Labute approximate surface area is 209 Å². The van der Waals surface area contributed by atoms with Crippen molar-refractivity contribution in [2.24, 2.45) is 7.05 Å². The highest BCUT2D eigenvalue weighted by Gasteiger charge is 2.19. The Morgan fingerprint density at radius 3 is 2.62 bits per heavy atom. The fourth-order valence-electron chi connectivity index (χ4n) is 4.30. The largest absolute Gasteiger partial charge is 0.451 e. The zero-order valence-electron chi connectivity index (χ0n) is 19.7. The van der Waals surface area contributed by atoms with Gasteiger partial charge in [0, 0.05) is 43.7 Å². The van der Waals surface area contributed by atoms with Gasteiger partial charge in [0.25, 0.3) is 0 Å². The van der Waals surface area contributed by atoms with E-state index in [1.807, 2.05) is 0 Å². The Hall–Kier alpha value is -4.40. The van der Waals surface area contributed by atoms with Crippen LogP contribution in [-0.2, 0) is 24.7 Å². The van der Waals surface area contributed by atoms with Gasteiger partial charge in [0.15, 0.2) is 17.4 Å². The summed E-state index contributed by atoms with van der Waals surface area (Å²) in [4.78, 5) is 17.9. The van der Waals surface area contributed by atoms with Gasteiger partial charge in [-0.05, 0) is 41.8 Å². The van der Waals surface area contributed by atoms with Crippen molar-refractivity contribution < 1.29 is 27.1 Å². The van der Waals surface area contributed by atoms with Crippen LogP contribution in [0.2, 0.25) is 0 Å². The lowest BCUT2D eigenvalue weighted by Crippen LogP contribution is -1.99. The van der Waals surface area contributed by atoms with E-state index >= 15 is 0 Å². The number of carbonyl (C=O) groups is 1. The summed E-state index contributed by atoms with van der Waals surface area (Å²) in [5.74, 6) is -3.15. The molecule has 0 aliphatic heterocycles. The standard InChI is InChI=1S/C28H21F4N3O2/c1-35-15-18(12-17-5-2-4-16(25(17)31)6-3-11-36)34-28(35)21-13-19(7-8-22(21)29)37-27-23(30)14-24-20(26(27)32)9-10-33-24/h2,4-5,7-11,13-15,33H,3,6,12H2,1H3. The molecule has 0 atom stereocenters. The van der Waals surface area contributed by atoms with Crippen LogP contribution in [0, 0.1) is 23.3 Å². The van der Waals surface area contributed by atoms with Gasteiger partial charge in [-0.15, -0.1) is 0 Å². The number of fused-ring (bicyclic) bond motifs is 1. The minimum Gasteiger partial charge on any atom is -0.451 e. The van der Waals surface area contributed by atoms with Crippen LogP contribution in [0.3, 0.4) is 0 Å². The molecule has 0 saturated carbocycles. The topological polar surface area (TPSA) is 59.9 Å². The maximum Gasteiger partial charge on any atom is 0.199 e. The van der Waals surface area contributed by atoms with Crippen molar-refractivity contribution in [3.05, 3.63) is 101 Å². The van der Waals surface area contributed by atoms with Crippen molar-refractivity contribution in [3.63, 3.8) is 0 Å². The highest BCUT2D eigenvalue weighted by atomic mass is 19.1. The van der Waals surface area contributed by atoms with Gasteiger partial charge in [0.2, 0.25) is 0 Å². The molecule has 0 aliphatic rings. The number of aromatic nitrogens is 3. The van der Waals surface area contributed by atoms with Gasteiger partial charge in [-0.2, -0.15) is 0 Å². The molecule has 9 heteroatoms. The number of rotatable bonds is 8. The number of imidazole rings is 1. The van der Waals surface area contributed by atoms with E-state index < -0.39 is 29.0 Å². The zero-order valence-corrected chi connectivity index (χ0v) is 19.7. The van der Waals surface area contributed by atoms with Gasteiger partial charge < -0.3 is 19.1 Å². The highest BCUT2D eigenvalue weighted by molar-refractivity contribution is 5.82. The van der Waals surface area contributed by atoms with Gasteiger partial charge >= 0.3 is 0 Å². The maximum atomic E-state index is 14.9. The Balaban J connectivity index is 1.44. The van der Waals surface area contributed by atoms with Crippen molar-refractivity contribution in [2.75, 3.05) is 0 Å². The summed E-state index contributed by atoms with van der Waals surface area (Å²) < 4.78 is 66.1. The molecule has 5 nitrogen and oxygen atoms in total. The fourth-order valence-corrected chi connectivity index (χ4v) is 4.30. The van der Waals surface area contributed by atoms with Crippen LogP contribution in [0.15, 0.2) is 60.9 Å². The van der Waals surface area contributed by atoms with Crippen LogP contribution >= 0.6 is 0 Å². The van der Waals surface area contributed by atoms with E-state index in [4.69, 9.17) is 4.74 Å². The van der Waals surface area contributed by atoms with Crippen LogP contribution in [0.1, 0.15) is 23.2 Å². The molecule has 0 unspecified atom stereocenters. The summed E-state index contributed by atoms with van der Waals surface area (Å²) in [6.07, 6.45) is 4.55. The average molecular weight is 507 g/mol. The number of carbonyl (C=O) groups excluding carboxylic acids is 1. The molecule has 2 aromatic heterocycles. The molecule has 0 bridgehead atoms. The predicted octanol–water partition coefficient (Wildman–Crippen LogP) is 6.64. The number of nitrogens with one attached hydrogen (secondary N) is 1. The number of ether oxygens (including phenoxy) is 1. The molecule has 0 spiro atoms. The molecule has 5 rings (SSSR count). The maximum absolute atomic E-state index is 14.9. The first-order chi connectivity index (χ1) is 17.9. The van der Waals surface area contributed by atoms with E-state index in [2.05, 4.69) is 9.97 Å². The number of halogens is 4. The lowest BCUT2D eigenvalue weighted by molar-refractivity contribution is -0.107. The molecule has 3 aromatic carbocycles. The van der Waals surface area contributed by atoms with E-state index in [0.29, 0.717) is 23.2 Å². The SMILES string of the molecule is Cn1cc(Cc2cccc(CCC=O)c2F)nc1-c1cc(Oc2c(F)cc3[nH]ccc3c2F)ccc1F. The van der Waals surface area contributed by atoms with Gasteiger partial charge in [0.05, 0.1) is 16.8 Å². The van der Waals surface area contributed by atoms with E-state index in [-0.39, 0.29) is 40.9 Å². The first kappa shape index (κ1) is 24.3. The number of H-pyrrole nitrogens is 1. The third-order valence-corrected chi connectivity index (χ3v) is 6.09. The molecule has 0 saturated heterocycles. The normalized spacial score (nSPS) is 11.3. The van der Waals surface area contributed by atoms with Crippen LogP contribution in [0.5, 0.6) is 11.5 Å². The predicted molar refractivity (Wildman–Crippen MR) is 130 cm³/mol. The molecule has 0 fully saturated rings. The monoisotopic (exact) mass is 507 g/mol. The minimum absolute atomic E-state index is 0.0163. The highest BCUT2D eigenvalue weighted by Crippen LogP contribution is 2.35. The molecule has 0 aliphatic carbocycles. The second-order valence-corrected chi connectivity index (χ2v) is 8.62. The lowest BCUT2D eigenvalue weighted by Gasteiger charge is -2.11. The second kappa shape index (κ2) is 9.93. The number of hydrogen-bond acceptors (Lipinski definition) is 3. The third-order valence-electron chi connectivity index (χ3n) is 6.09. The lowest BCUT2D eigenvalue weighted by atomic mass is 10.0. The second-order valence-electron chi connectivity index (χ2n) is 8.62. The summed E-state index contributed by atoms with van der Waals surface area (Å²) in [6, 6.07) is 11.3. The Morgan fingerprint density at radius 2 is 1.81 bits per heavy atom. The smallest absolute Gasteiger partial charge is 0.199 e. The Bertz CT molecular complexity index is 1620. The van der Waals surface area contributed by atoms with Gasteiger partial charge in [-0.25, -0.2) is 22.5 Å². The molecule has 2 heterocycles. The van der Waals surface area contributed by atoms with E-state index in [9.17, 15) is 22.4 Å². The molecule has 37 heavy (non-hydrogen) atoms. The number of aldehydes is 1. The Morgan fingerprint density at radius 1 is 1.00 bits per heavy atom. The van der Waals surface area contributed by atoms with Crippen molar-refractivity contribution in [1.29, 1.82) is 0 Å². The average Bonchev–Trinajstić information content (AvgIpc) is 3.49. The molecule has 0 amide bonds. The first-order valence-corrected chi connectivity index (χ1v) is 11.5. The van der Waals surface area contributed by atoms with Crippen molar-refractivity contribution in [2.45, 2.75) is 19.3 Å². The van der Waals surface area contributed by atoms with Crippen molar-refractivity contribution in [3.8, 4) is 22.9 Å². The minimum atomic E-state index is -0.907. The van der Waals surface area contributed by atoms with Gasteiger partial charge in [-0.1, -0.05) is 18.2 Å². The van der Waals surface area contributed by atoms with Gasteiger partial charge in [0.1, 0.15) is 29.5 Å². The fraction of sp³-hybridized carbons (Fsp3) is 0.143. The van der Waals surface area contributed by atoms with E-state index in [0.717, 1.165) is 18.4 Å². The summed E-state index contributed by atoms with van der Waals surface area (Å²) in [5, 5.41) is 0.162. The molecular weight excluding hydrogens is 486 g/mol. The van der Waals surface area contributed by atoms with Crippen molar-refractivity contribution >= 4 is 17.2 Å². The van der Waals surface area contributed by atoms with E-state index in [1.165, 1.54) is 24.4 Å². The van der Waals surface area contributed by atoms with Gasteiger partial charge in [-0.3, -0.25) is 0 Å². The zero-order chi connectivity index (χ0) is 26.1. The summed E-state index contributed by atoms with van der Waals surface area (Å²) >= 11 is 0. The molecule has 0 radical (unpaired) electrons. The number of nitrogens with zero attached hydrogens (tertiary/aromatic N) is 2. The van der Waals surface area contributed by atoms with Crippen LogP contribution in [0.4, 0.5) is 17.6 Å². The Kier molecular flexibility index (Phi) is 6.52. The number of hydrogen-bond donors (Lipinski definition) is 1. The van der Waals surface area contributed by atoms with Crippen LogP contribution in [0.25, 0.3) is 22.3 Å². The molecule has 188 valence electrons. The van der Waals surface area contributed by atoms with Crippen molar-refractivity contribution in [1.82, 2.24) is 14.5 Å². The van der Waals surface area contributed by atoms with E-state index in [1.54, 1.807) is 36.0 Å². The first-order valence-electron chi connectivity index (χ1n) is 11.5. The molecule has 5 aromatic rings. The summed E-state index contributed by atoms with van der Waals surface area (Å²) in [7, 11) is 1.66. The van der Waals surface area contributed by atoms with Crippen LogP contribution in [-0.4, -0.2) is 20.8 Å². The number of aryl methyl sites for hydroxylation is 2. The number of aromatic amines is 1. The quantitative estimate of drug-likeness (QED) is 0.189. The summed E-state index contributed by atoms with van der Waals surface area (Å²) in [6.45, 7) is 0. The number of benzene rings is 3. The molecular formula is C28H21F4N3O2. The summed E-state index contributed by atoms with van der Waals surface area (Å²) in [5.41, 5.74) is 1.67. The third kappa shape index (κ3) is 4.72.